The lowest BCUT2D eigenvalue weighted by molar-refractivity contribution is 0.352. The van der Waals surface area contributed by atoms with Crippen molar-refractivity contribution in [3.8, 4) is 22.9 Å². The van der Waals surface area contributed by atoms with E-state index in [1.165, 1.54) is 7.11 Å². The number of ether oxygens (including phenoxy) is 1. The Morgan fingerprint density at radius 1 is 1.45 bits per heavy atom. The summed E-state index contributed by atoms with van der Waals surface area (Å²) in [6.45, 7) is 2.69. The van der Waals surface area contributed by atoms with E-state index in [0.717, 1.165) is 18.4 Å². The highest BCUT2D eigenvalue weighted by atomic mass is 16.5. The molecule has 0 radical (unpaired) electrons. The summed E-state index contributed by atoms with van der Waals surface area (Å²) in [6.07, 6.45) is 1.84. The van der Waals surface area contributed by atoms with Gasteiger partial charge in [-0.25, -0.2) is 0 Å². The van der Waals surface area contributed by atoms with Gasteiger partial charge in [0.15, 0.2) is 11.5 Å². The molecule has 6 heteroatoms. The number of nitrogens with zero attached hydrogens (tertiary/aromatic N) is 2. The van der Waals surface area contributed by atoms with Gasteiger partial charge >= 0.3 is 0 Å². The molecule has 108 valence electrons. The molecule has 0 saturated heterocycles. The highest BCUT2D eigenvalue weighted by Gasteiger charge is 2.15. The fourth-order valence-corrected chi connectivity index (χ4v) is 1.92. The first-order chi connectivity index (χ1) is 9.65. The summed E-state index contributed by atoms with van der Waals surface area (Å²) in [5.74, 6) is 1.72. The van der Waals surface area contributed by atoms with Gasteiger partial charge in [-0.05, 0) is 37.6 Å². The highest BCUT2D eigenvalue weighted by molar-refractivity contribution is 5.60. The van der Waals surface area contributed by atoms with E-state index in [1.807, 2.05) is 6.92 Å². The van der Waals surface area contributed by atoms with Crippen LogP contribution < -0.4 is 10.5 Å². The lowest BCUT2D eigenvalue weighted by Gasteiger charge is -2.04. The van der Waals surface area contributed by atoms with E-state index in [1.54, 1.807) is 18.2 Å². The lowest BCUT2D eigenvalue weighted by Crippen LogP contribution is -2.02. The van der Waals surface area contributed by atoms with Crippen molar-refractivity contribution in [2.45, 2.75) is 25.7 Å². The van der Waals surface area contributed by atoms with Crippen LogP contribution in [0.25, 0.3) is 11.4 Å². The molecule has 0 aliphatic heterocycles. The van der Waals surface area contributed by atoms with Gasteiger partial charge in [-0.2, -0.15) is 4.98 Å². The molecule has 0 amide bonds. The Balaban J connectivity index is 2.20. The van der Waals surface area contributed by atoms with Gasteiger partial charge in [-0.1, -0.05) is 12.1 Å². The van der Waals surface area contributed by atoms with Crippen LogP contribution in [0.2, 0.25) is 0 Å². The van der Waals surface area contributed by atoms with Crippen molar-refractivity contribution >= 4 is 0 Å². The molecule has 1 heterocycles. The van der Waals surface area contributed by atoms with Crippen LogP contribution in [0.5, 0.6) is 11.5 Å². The quantitative estimate of drug-likeness (QED) is 0.841. The smallest absolute Gasteiger partial charge is 0.229 e. The summed E-state index contributed by atoms with van der Waals surface area (Å²) >= 11 is 0. The normalized spacial score (nSPS) is 12.3. The minimum Gasteiger partial charge on any atom is -0.504 e. The maximum atomic E-state index is 9.57. The predicted octanol–water partition coefficient (Wildman–Crippen LogP) is 2.29. The monoisotopic (exact) mass is 277 g/mol. The van der Waals surface area contributed by atoms with Gasteiger partial charge in [0.05, 0.1) is 7.11 Å². The Labute approximate surface area is 117 Å². The van der Waals surface area contributed by atoms with E-state index >= 15 is 0 Å². The fraction of sp³-hybridized carbons (Fsp3) is 0.429. The Bertz CT molecular complexity index is 569. The number of hydrogen-bond acceptors (Lipinski definition) is 6. The molecule has 0 fully saturated rings. The molecule has 0 saturated carbocycles. The molecule has 1 unspecified atom stereocenters. The second-order valence-electron chi connectivity index (χ2n) is 4.67. The van der Waals surface area contributed by atoms with Gasteiger partial charge in [-0.15, -0.1) is 0 Å². The Morgan fingerprint density at radius 3 is 2.95 bits per heavy atom. The highest BCUT2D eigenvalue weighted by Crippen LogP contribution is 2.31. The number of phenols is 1. The zero-order chi connectivity index (χ0) is 14.5. The molecule has 1 atom stereocenters. The Kier molecular flexibility index (Phi) is 4.57. The largest absolute Gasteiger partial charge is 0.504 e. The fourth-order valence-electron chi connectivity index (χ4n) is 1.92. The molecule has 0 spiro atoms. The molecular formula is C14H19N3O3. The maximum Gasteiger partial charge on any atom is 0.229 e. The Hall–Kier alpha value is -2.08. The molecule has 20 heavy (non-hydrogen) atoms. The number of aromatic nitrogens is 2. The van der Waals surface area contributed by atoms with Crippen LogP contribution in [0.4, 0.5) is 0 Å². The first-order valence-corrected chi connectivity index (χ1v) is 6.56. The summed E-state index contributed by atoms with van der Waals surface area (Å²) in [7, 11) is 1.50. The second kappa shape index (κ2) is 6.38. The predicted molar refractivity (Wildman–Crippen MR) is 74.7 cm³/mol. The third-order valence-electron chi connectivity index (χ3n) is 3.14. The van der Waals surface area contributed by atoms with Crippen molar-refractivity contribution in [2.75, 3.05) is 13.7 Å². The van der Waals surface area contributed by atoms with Crippen molar-refractivity contribution in [3.63, 3.8) is 0 Å². The van der Waals surface area contributed by atoms with Gasteiger partial charge < -0.3 is 20.1 Å². The zero-order valence-electron chi connectivity index (χ0n) is 11.7. The van der Waals surface area contributed by atoms with Crippen LogP contribution in [0.1, 0.15) is 31.6 Å². The average molecular weight is 277 g/mol. The molecule has 0 bridgehead atoms. The average Bonchev–Trinajstić information content (AvgIpc) is 2.95. The van der Waals surface area contributed by atoms with E-state index in [4.69, 9.17) is 15.0 Å². The molecule has 3 N–H and O–H groups in total. The van der Waals surface area contributed by atoms with Crippen LogP contribution in [0.3, 0.4) is 0 Å². The second-order valence-corrected chi connectivity index (χ2v) is 4.67. The number of phenolic OH excluding ortho intramolecular Hbond substituents is 1. The number of rotatable bonds is 6. The SMILES string of the molecule is COc1cc(-c2noc(C(C)CCCN)n2)ccc1O. The van der Waals surface area contributed by atoms with Gasteiger partial charge in [0, 0.05) is 11.5 Å². The third-order valence-corrected chi connectivity index (χ3v) is 3.14. The van der Waals surface area contributed by atoms with Crippen LogP contribution in [0.15, 0.2) is 22.7 Å². The summed E-state index contributed by atoms with van der Waals surface area (Å²) in [6, 6.07) is 4.94. The van der Waals surface area contributed by atoms with Crippen LogP contribution in [-0.4, -0.2) is 28.9 Å². The standard InChI is InChI=1S/C14H19N3O3/c1-9(4-3-7-15)14-16-13(17-20-14)10-5-6-11(18)12(8-10)19-2/h5-6,8-9,18H,3-4,7,15H2,1-2H3. The lowest BCUT2D eigenvalue weighted by atomic mass is 10.1. The van der Waals surface area contributed by atoms with E-state index in [0.29, 0.717) is 24.0 Å². The Morgan fingerprint density at radius 2 is 2.25 bits per heavy atom. The number of methoxy groups -OCH3 is 1. The van der Waals surface area contributed by atoms with E-state index in [-0.39, 0.29) is 11.7 Å². The van der Waals surface area contributed by atoms with E-state index < -0.39 is 0 Å². The van der Waals surface area contributed by atoms with Crippen LogP contribution in [0, 0.1) is 0 Å². The van der Waals surface area contributed by atoms with Crippen molar-refractivity contribution in [1.82, 2.24) is 10.1 Å². The number of nitrogens with two attached hydrogens (primary N) is 1. The molecule has 1 aromatic carbocycles. The third kappa shape index (κ3) is 3.08. The van der Waals surface area contributed by atoms with E-state index in [9.17, 15) is 5.11 Å². The summed E-state index contributed by atoms with van der Waals surface area (Å²) in [4.78, 5) is 4.38. The number of hydrogen-bond donors (Lipinski definition) is 2. The topological polar surface area (TPSA) is 94.4 Å². The molecule has 1 aromatic heterocycles. The molecule has 2 rings (SSSR count). The summed E-state index contributed by atoms with van der Waals surface area (Å²) in [5, 5.41) is 13.5. The minimum absolute atomic E-state index is 0.0799. The van der Waals surface area contributed by atoms with Crippen molar-refractivity contribution in [1.29, 1.82) is 0 Å². The van der Waals surface area contributed by atoms with Gasteiger partial charge in [-0.3, -0.25) is 0 Å². The molecule has 0 aliphatic rings. The maximum absolute atomic E-state index is 9.57. The van der Waals surface area contributed by atoms with Crippen molar-refractivity contribution in [3.05, 3.63) is 24.1 Å². The first-order valence-electron chi connectivity index (χ1n) is 6.56. The molecule has 0 aliphatic carbocycles. The first kappa shape index (κ1) is 14.3. The van der Waals surface area contributed by atoms with Gasteiger partial charge in [0.2, 0.25) is 11.7 Å². The van der Waals surface area contributed by atoms with Gasteiger partial charge in [0.25, 0.3) is 0 Å². The number of benzene rings is 1. The zero-order valence-corrected chi connectivity index (χ0v) is 11.7. The van der Waals surface area contributed by atoms with Gasteiger partial charge in [0.1, 0.15) is 0 Å². The van der Waals surface area contributed by atoms with Crippen molar-refractivity contribution in [2.24, 2.45) is 5.73 Å². The van der Waals surface area contributed by atoms with Crippen LogP contribution >= 0.6 is 0 Å². The molecule has 2 aromatic rings. The summed E-state index contributed by atoms with van der Waals surface area (Å²) in [5.41, 5.74) is 6.23. The number of aromatic hydroxyl groups is 1. The van der Waals surface area contributed by atoms with E-state index in [2.05, 4.69) is 10.1 Å². The molecule has 6 nitrogen and oxygen atoms in total. The minimum atomic E-state index is 0.0799. The summed E-state index contributed by atoms with van der Waals surface area (Å²) < 4.78 is 10.3. The molecular weight excluding hydrogens is 258 g/mol. The van der Waals surface area contributed by atoms with Crippen LogP contribution in [-0.2, 0) is 0 Å². The van der Waals surface area contributed by atoms with Crippen molar-refractivity contribution < 1.29 is 14.4 Å².